The maximum absolute atomic E-state index is 12.2. The Morgan fingerprint density at radius 3 is 2.37 bits per heavy atom. The van der Waals surface area contributed by atoms with E-state index >= 15 is 0 Å². The molecule has 0 radical (unpaired) electrons. The average molecular weight is 421 g/mol. The first-order valence-electron chi connectivity index (χ1n) is 9.42. The Hall–Kier alpha value is -3.16. The van der Waals surface area contributed by atoms with E-state index in [4.69, 9.17) is 9.47 Å². The summed E-state index contributed by atoms with van der Waals surface area (Å²) < 4.78 is 39.3. The van der Waals surface area contributed by atoms with Gasteiger partial charge in [0.15, 0.2) is 6.61 Å². The largest absolute Gasteiger partial charge is 0.493 e. The molecule has 2 aromatic rings. The highest BCUT2D eigenvalue weighted by Crippen LogP contribution is 2.17. The molecule has 8 heteroatoms. The molecule has 30 heavy (non-hydrogen) atoms. The van der Waals surface area contributed by atoms with E-state index in [-0.39, 0.29) is 12.3 Å². The number of carbonyl (C=O) groups is 2. The Bertz CT molecular complexity index is 840. The van der Waals surface area contributed by atoms with Gasteiger partial charge in [-0.1, -0.05) is 32.0 Å². The van der Waals surface area contributed by atoms with Gasteiger partial charge < -0.3 is 19.1 Å². The van der Waals surface area contributed by atoms with Crippen LogP contribution in [0.4, 0.5) is 8.78 Å². The van der Waals surface area contributed by atoms with Crippen LogP contribution in [-0.2, 0) is 16.1 Å². The van der Waals surface area contributed by atoms with E-state index in [0.717, 1.165) is 0 Å². The molecule has 2 rings (SSSR count). The average Bonchev–Trinajstić information content (AvgIpc) is 2.71. The van der Waals surface area contributed by atoms with Crippen molar-refractivity contribution in [1.82, 2.24) is 4.90 Å². The highest BCUT2D eigenvalue weighted by molar-refractivity contribution is 5.91. The Morgan fingerprint density at radius 1 is 1.03 bits per heavy atom. The molecule has 0 aliphatic carbocycles. The zero-order valence-corrected chi connectivity index (χ0v) is 17.1. The molecule has 0 aliphatic heterocycles. The van der Waals surface area contributed by atoms with Gasteiger partial charge in [0.1, 0.15) is 11.5 Å². The summed E-state index contributed by atoms with van der Waals surface area (Å²) in [6.45, 7) is 1.48. The Kier molecular flexibility index (Phi) is 8.58. The molecule has 0 heterocycles. The van der Waals surface area contributed by atoms with Gasteiger partial charge in [-0.3, -0.25) is 4.79 Å². The van der Waals surface area contributed by atoms with Crippen LogP contribution in [0.2, 0.25) is 0 Å². The zero-order valence-electron chi connectivity index (χ0n) is 17.1. The lowest BCUT2D eigenvalue weighted by Crippen LogP contribution is -2.30. The summed E-state index contributed by atoms with van der Waals surface area (Å²) in [5, 5.41) is 0. The standard InChI is InChI=1S/C22H25F2NO5/c1-15(2)13-28-19-6-4-5-17(11-19)21(27)29-14-20(26)25(3)12-16-7-9-18(10-8-16)30-22(23)24/h4-11,15,22H,12-14H2,1-3H3. The van der Waals surface area contributed by atoms with Gasteiger partial charge in [0.25, 0.3) is 5.91 Å². The lowest BCUT2D eigenvalue weighted by atomic mass is 10.2. The first kappa shape index (κ1) is 23.1. The molecule has 0 atom stereocenters. The molecule has 0 bridgehead atoms. The number of ether oxygens (including phenoxy) is 3. The number of esters is 1. The molecule has 0 aliphatic rings. The molecule has 0 saturated carbocycles. The first-order valence-corrected chi connectivity index (χ1v) is 9.42. The molecule has 0 aromatic heterocycles. The van der Waals surface area contributed by atoms with E-state index in [9.17, 15) is 18.4 Å². The Balaban J connectivity index is 1.84. The van der Waals surface area contributed by atoms with Crippen LogP contribution in [0.1, 0.15) is 29.8 Å². The predicted octanol–water partition coefficient (Wildman–Crippen LogP) is 4.14. The van der Waals surface area contributed by atoms with E-state index in [0.29, 0.717) is 29.4 Å². The van der Waals surface area contributed by atoms with Gasteiger partial charge in [-0.2, -0.15) is 8.78 Å². The van der Waals surface area contributed by atoms with Gasteiger partial charge >= 0.3 is 12.6 Å². The fraction of sp³-hybridized carbons (Fsp3) is 0.364. The fourth-order valence-corrected chi connectivity index (χ4v) is 2.43. The Morgan fingerprint density at radius 2 is 1.73 bits per heavy atom. The summed E-state index contributed by atoms with van der Waals surface area (Å²) in [6, 6.07) is 12.5. The van der Waals surface area contributed by atoms with E-state index < -0.39 is 25.1 Å². The molecule has 2 aromatic carbocycles. The van der Waals surface area contributed by atoms with Crippen molar-refractivity contribution in [2.75, 3.05) is 20.3 Å². The number of hydrogen-bond acceptors (Lipinski definition) is 5. The molecule has 6 nitrogen and oxygen atoms in total. The minimum atomic E-state index is -2.89. The normalized spacial score (nSPS) is 10.8. The fourth-order valence-electron chi connectivity index (χ4n) is 2.43. The minimum Gasteiger partial charge on any atom is -0.493 e. The third kappa shape index (κ3) is 7.69. The summed E-state index contributed by atoms with van der Waals surface area (Å²) in [4.78, 5) is 25.8. The second-order valence-electron chi connectivity index (χ2n) is 7.08. The van der Waals surface area contributed by atoms with E-state index in [2.05, 4.69) is 4.74 Å². The number of rotatable bonds is 10. The van der Waals surface area contributed by atoms with Gasteiger partial charge in [0.05, 0.1) is 12.2 Å². The number of hydrogen-bond donors (Lipinski definition) is 0. The van der Waals surface area contributed by atoms with Crippen molar-refractivity contribution >= 4 is 11.9 Å². The second kappa shape index (κ2) is 11.1. The quantitative estimate of drug-likeness (QED) is 0.540. The number of carbonyl (C=O) groups excluding carboxylic acids is 2. The molecular weight excluding hydrogens is 396 g/mol. The van der Waals surface area contributed by atoms with Crippen molar-refractivity contribution in [2.24, 2.45) is 5.92 Å². The molecule has 162 valence electrons. The summed E-state index contributed by atoms with van der Waals surface area (Å²) in [6.07, 6.45) is 0. The van der Waals surface area contributed by atoms with E-state index in [1.165, 1.54) is 17.0 Å². The third-order valence-corrected chi connectivity index (χ3v) is 3.97. The number of benzene rings is 2. The van der Waals surface area contributed by atoms with Crippen LogP contribution in [0, 0.1) is 5.92 Å². The molecule has 0 unspecified atom stereocenters. The molecule has 1 amide bonds. The summed E-state index contributed by atoms with van der Waals surface area (Å²) >= 11 is 0. The smallest absolute Gasteiger partial charge is 0.387 e. The number of halogens is 2. The number of nitrogens with zero attached hydrogens (tertiary/aromatic N) is 1. The van der Waals surface area contributed by atoms with Crippen LogP contribution in [-0.4, -0.2) is 43.6 Å². The van der Waals surface area contributed by atoms with Crippen LogP contribution >= 0.6 is 0 Å². The Labute approximate surface area is 174 Å². The van der Waals surface area contributed by atoms with Gasteiger partial charge in [-0.25, -0.2) is 4.79 Å². The van der Waals surface area contributed by atoms with Crippen LogP contribution in [0.5, 0.6) is 11.5 Å². The summed E-state index contributed by atoms with van der Waals surface area (Å²) in [5.41, 5.74) is 1.01. The predicted molar refractivity (Wildman–Crippen MR) is 107 cm³/mol. The highest BCUT2D eigenvalue weighted by Gasteiger charge is 2.15. The van der Waals surface area contributed by atoms with E-state index in [1.807, 2.05) is 13.8 Å². The maximum Gasteiger partial charge on any atom is 0.387 e. The number of alkyl halides is 2. The van der Waals surface area contributed by atoms with Crippen molar-refractivity contribution in [2.45, 2.75) is 27.0 Å². The lowest BCUT2D eigenvalue weighted by molar-refractivity contribution is -0.133. The monoisotopic (exact) mass is 421 g/mol. The van der Waals surface area contributed by atoms with Crippen molar-refractivity contribution in [3.8, 4) is 11.5 Å². The van der Waals surface area contributed by atoms with Crippen LogP contribution in [0.15, 0.2) is 48.5 Å². The van der Waals surface area contributed by atoms with Crippen LogP contribution < -0.4 is 9.47 Å². The topological polar surface area (TPSA) is 65.1 Å². The molecule has 0 fully saturated rings. The zero-order chi connectivity index (χ0) is 22.1. The van der Waals surface area contributed by atoms with Gasteiger partial charge in [0, 0.05) is 13.6 Å². The minimum absolute atomic E-state index is 0.0382. The molecule has 0 spiro atoms. The number of likely N-dealkylation sites (N-methyl/N-ethyl adjacent to an activating group) is 1. The maximum atomic E-state index is 12.2. The number of amides is 1. The molecule has 0 N–H and O–H groups in total. The third-order valence-electron chi connectivity index (χ3n) is 3.97. The molecular formula is C22H25F2NO5. The van der Waals surface area contributed by atoms with Crippen LogP contribution in [0.25, 0.3) is 0 Å². The van der Waals surface area contributed by atoms with Crippen molar-refractivity contribution < 1.29 is 32.6 Å². The first-order chi connectivity index (χ1) is 14.2. The van der Waals surface area contributed by atoms with Crippen LogP contribution in [0.3, 0.4) is 0 Å². The van der Waals surface area contributed by atoms with E-state index in [1.54, 1.807) is 43.4 Å². The summed E-state index contributed by atoms with van der Waals surface area (Å²) in [5.74, 6) is -0.0809. The highest BCUT2D eigenvalue weighted by atomic mass is 19.3. The van der Waals surface area contributed by atoms with Crippen molar-refractivity contribution in [1.29, 1.82) is 0 Å². The summed E-state index contributed by atoms with van der Waals surface area (Å²) in [7, 11) is 1.56. The van der Waals surface area contributed by atoms with Gasteiger partial charge in [0.2, 0.25) is 0 Å². The van der Waals surface area contributed by atoms with Gasteiger partial charge in [-0.15, -0.1) is 0 Å². The van der Waals surface area contributed by atoms with Gasteiger partial charge in [-0.05, 0) is 41.8 Å². The molecule has 0 saturated heterocycles. The van der Waals surface area contributed by atoms with Crippen molar-refractivity contribution in [3.05, 3.63) is 59.7 Å². The SMILES string of the molecule is CC(C)COc1cccc(C(=O)OCC(=O)N(C)Cc2ccc(OC(F)F)cc2)c1. The lowest BCUT2D eigenvalue weighted by Gasteiger charge is -2.17. The second-order valence-corrected chi connectivity index (χ2v) is 7.08. The van der Waals surface area contributed by atoms with Crippen molar-refractivity contribution in [3.63, 3.8) is 0 Å².